The molecule has 0 saturated carbocycles. The van der Waals surface area contributed by atoms with E-state index in [9.17, 15) is 5.26 Å². The molecule has 2 N–H and O–H groups in total. The van der Waals surface area contributed by atoms with Gasteiger partial charge in [0, 0.05) is 11.4 Å². The number of benzene rings is 1. The number of rotatable bonds is 6. The van der Waals surface area contributed by atoms with Crippen molar-refractivity contribution in [3.63, 3.8) is 0 Å². The first-order valence-electron chi connectivity index (χ1n) is 6.98. The standard InChI is InChI=1S/C15H21N3OS/c1-20-15-4-2-3-14(13(15)11-16)18-9-10-19-12-5-7-17-8-6-12/h2-4,12,17-18H,5-10H2,1H3. The number of thioether (sulfide) groups is 1. The molecule has 0 amide bonds. The molecule has 1 aromatic carbocycles. The number of piperidine rings is 1. The molecule has 1 heterocycles. The van der Waals surface area contributed by atoms with Gasteiger partial charge >= 0.3 is 0 Å². The average Bonchev–Trinajstić information content (AvgIpc) is 2.52. The highest BCUT2D eigenvalue weighted by Crippen LogP contribution is 2.26. The van der Waals surface area contributed by atoms with Gasteiger partial charge in [-0.05, 0) is 44.3 Å². The molecular weight excluding hydrogens is 270 g/mol. The van der Waals surface area contributed by atoms with E-state index in [1.54, 1.807) is 11.8 Å². The van der Waals surface area contributed by atoms with Crippen LogP contribution in [0.25, 0.3) is 0 Å². The van der Waals surface area contributed by atoms with Gasteiger partial charge in [-0.1, -0.05) is 6.07 Å². The molecule has 0 radical (unpaired) electrons. The van der Waals surface area contributed by atoms with Crippen molar-refractivity contribution in [2.75, 3.05) is 37.8 Å². The van der Waals surface area contributed by atoms with Crippen LogP contribution < -0.4 is 10.6 Å². The van der Waals surface area contributed by atoms with Gasteiger partial charge in [0.2, 0.25) is 0 Å². The van der Waals surface area contributed by atoms with Gasteiger partial charge in [0.25, 0.3) is 0 Å². The van der Waals surface area contributed by atoms with Crippen LogP contribution in [0, 0.1) is 11.3 Å². The van der Waals surface area contributed by atoms with Crippen molar-refractivity contribution in [1.82, 2.24) is 5.32 Å². The first-order chi connectivity index (χ1) is 9.85. The van der Waals surface area contributed by atoms with Crippen LogP contribution in [0.15, 0.2) is 23.1 Å². The van der Waals surface area contributed by atoms with Gasteiger partial charge in [0.15, 0.2) is 0 Å². The van der Waals surface area contributed by atoms with Crippen molar-refractivity contribution in [3.05, 3.63) is 23.8 Å². The van der Waals surface area contributed by atoms with Crippen LogP contribution in [-0.2, 0) is 4.74 Å². The maximum absolute atomic E-state index is 9.25. The van der Waals surface area contributed by atoms with Crippen molar-refractivity contribution in [3.8, 4) is 6.07 Å². The normalized spacial score (nSPS) is 15.8. The summed E-state index contributed by atoms with van der Waals surface area (Å²) < 4.78 is 5.84. The van der Waals surface area contributed by atoms with Gasteiger partial charge in [-0.2, -0.15) is 5.26 Å². The Morgan fingerprint density at radius 3 is 2.95 bits per heavy atom. The minimum Gasteiger partial charge on any atom is -0.382 e. The zero-order valence-corrected chi connectivity index (χ0v) is 12.6. The molecule has 0 spiro atoms. The molecule has 4 nitrogen and oxygen atoms in total. The monoisotopic (exact) mass is 291 g/mol. The van der Waals surface area contributed by atoms with E-state index in [2.05, 4.69) is 16.7 Å². The van der Waals surface area contributed by atoms with Gasteiger partial charge in [-0.15, -0.1) is 11.8 Å². The lowest BCUT2D eigenvalue weighted by Gasteiger charge is -2.23. The molecule has 1 saturated heterocycles. The number of nitrogens with one attached hydrogen (secondary N) is 2. The third kappa shape index (κ3) is 4.14. The lowest BCUT2D eigenvalue weighted by Crippen LogP contribution is -2.33. The highest BCUT2D eigenvalue weighted by atomic mass is 32.2. The molecule has 1 aliphatic rings. The SMILES string of the molecule is CSc1cccc(NCCOC2CCNCC2)c1C#N. The summed E-state index contributed by atoms with van der Waals surface area (Å²) in [5.41, 5.74) is 1.62. The Hall–Kier alpha value is -1.22. The summed E-state index contributed by atoms with van der Waals surface area (Å²) in [5.74, 6) is 0. The quantitative estimate of drug-likeness (QED) is 0.623. The minimum absolute atomic E-state index is 0.381. The maximum atomic E-state index is 9.25. The molecule has 20 heavy (non-hydrogen) atoms. The predicted molar refractivity (Wildman–Crippen MR) is 83.3 cm³/mol. The van der Waals surface area contributed by atoms with Crippen LogP contribution in [0.5, 0.6) is 0 Å². The summed E-state index contributed by atoms with van der Waals surface area (Å²) in [6.45, 7) is 3.51. The second kappa shape index (κ2) is 8.15. The second-order valence-electron chi connectivity index (χ2n) is 4.74. The van der Waals surface area contributed by atoms with Crippen molar-refractivity contribution in [2.24, 2.45) is 0 Å². The molecule has 108 valence electrons. The lowest BCUT2D eigenvalue weighted by molar-refractivity contribution is 0.0394. The van der Waals surface area contributed by atoms with E-state index in [1.807, 2.05) is 24.5 Å². The van der Waals surface area contributed by atoms with Gasteiger partial charge < -0.3 is 15.4 Å². The van der Waals surface area contributed by atoms with Crippen LogP contribution in [0.1, 0.15) is 18.4 Å². The Morgan fingerprint density at radius 1 is 1.45 bits per heavy atom. The van der Waals surface area contributed by atoms with Gasteiger partial charge in [0.05, 0.1) is 24.0 Å². The summed E-state index contributed by atoms with van der Waals surface area (Å²) in [5, 5.41) is 15.9. The van der Waals surface area contributed by atoms with E-state index in [0.717, 1.165) is 48.6 Å². The van der Waals surface area contributed by atoms with E-state index in [-0.39, 0.29) is 0 Å². The topological polar surface area (TPSA) is 57.1 Å². The fourth-order valence-corrected chi connectivity index (χ4v) is 2.91. The minimum atomic E-state index is 0.381. The number of nitriles is 1. The number of ether oxygens (including phenoxy) is 1. The molecule has 5 heteroatoms. The molecule has 0 unspecified atom stereocenters. The maximum Gasteiger partial charge on any atom is 0.102 e. The highest BCUT2D eigenvalue weighted by molar-refractivity contribution is 7.98. The summed E-state index contributed by atoms with van der Waals surface area (Å²) in [6, 6.07) is 8.17. The second-order valence-corrected chi connectivity index (χ2v) is 5.59. The smallest absolute Gasteiger partial charge is 0.102 e. The van der Waals surface area contributed by atoms with E-state index in [4.69, 9.17) is 4.74 Å². The predicted octanol–water partition coefficient (Wildman–Crippen LogP) is 2.46. The molecule has 2 rings (SSSR count). The van der Waals surface area contributed by atoms with Crippen LogP contribution in [0.2, 0.25) is 0 Å². The summed E-state index contributed by atoms with van der Waals surface area (Å²) in [4.78, 5) is 1.01. The average molecular weight is 291 g/mol. The molecule has 1 aliphatic heterocycles. The van der Waals surface area contributed by atoms with Crippen molar-refractivity contribution in [1.29, 1.82) is 5.26 Å². The van der Waals surface area contributed by atoms with Crippen LogP contribution in [-0.4, -0.2) is 38.6 Å². The first-order valence-corrected chi connectivity index (χ1v) is 8.21. The molecule has 1 fully saturated rings. The summed E-state index contributed by atoms with van der Waals surface area (Å²) >= 11 is 1.60. The summed E-state index contributed by atoms with van der Waals surface area (Å²) in [6.07, 6.45) is 4.54. The van der Waals surface area contributed by atoms with E-state index < -0.39 is 0 Å². The summed E-state index contributed by atoms with van der Waals surface area (Å²) in [7, 11) is 0. The first kappa shape index (κ1) is 15.2. The fourth-order valence-electron chi connectivity index (χ4n) is 2.34. The fraction of sp³-hybridized carbons (Fsp3) is 0.533. The number of hydrogen-bond donors (Lipinski definition) is 2. The Balaban J connectivity index is 1.80. The largest absolute Gasteiger partial charge is 0.382 e. The molecule has 0 bridgehead atoms. The Morgan fingerprint density at radius 2 is 2.25 bits per heavy atom. The molecule has 0 aliphatic carbocycles. The molecule has 0 aromatic heterocycles. The number of hydrogen-bond acceptors (Lipinski definition) is 5. The van der Waals surface area contributed by atoms with Crippen LogP contribution >= 0.6 is 11.8 Å². The van der Waals surface area contributed by atoms with Crippen LogP contribution in [0.4, 0.5) is 5.69 Å². The van der Waals surface area contributed by atoms with Crippen LogP contribution in [0.3, 0.4) is 0 Å². The zero-order chi connectivity index (χ0) is 14.2. The third-order valence-corrected chi connectivity index (χ3v) is 4.20. The van der Waals surface area contributed by atoms with Crippen molar-refractivity contribution < 1.29 is 4.74 Å². The van der Waals surface area contributed by atoms with Gasteiger partial charge in [-0.3, -0.25) is 0 Å². The molecule has 0 atom stereocenters. The van der Waals surface area contributed by atoms with Gasteiger partial charge in [-0.25, -0.2) is 0 Å². The molecule has 1 aromatic rings. The van der Waals surface area contributed by atoms with E-state index in [1.165, 1.54) is 0 Å². The third-order valence-electron chi connectivity index (χ3n) is 3.42. The van der Waals surface area contributed by atoms with Gasteiger partial charge in [0.1, 0.15) is 6.07 Å². The van der Waals surface area contributed by atoms with E-state index >= 15 is 0 Å². The number of nitrogens with zero attached hydrogens (tertiary/aromatic N) is 1. The van der Waals surface area contributed by atoms with Crippen molar-refractivity contribution in [2.45, 2.75) is 23.8 Å². The van der Waals surface area contributed by atoms with E-state index in [0.29, 0.717) is 12.7 Å². The molecular formula is C15H21N3OS. The Bertz CT molecular complexity index is 467. The Kier molecular flexibility index (Phi) is 6.19. The highest BCUT2D eigenvalue weighted by Gasteiger charge is 2.13. The van der Waals surface area contributed by atoms with Crippen molar-refractivity contribution >= 4 is 17.4 Å². The lowest BCUT2D eigenvalue weighted by atomic mass is 10.1. The Labute approximate surface area is 124 Å². The zero-order valence-electron chi connectivity index (χ0n) is 11.8. The number of anilines is 1.